The normalized spacial score (nSPS) is 20.5. The summed E-state index contributed by atoms with van der Waals surface area (Å²) >= 11 is 1.30. The van der Waals surface area contributed by atoms with Gasteiger partial charge in [-0.25, -0.2) is 10.9 Å². The van der Waals surface area contributed by atoms with Crippen molar-refractivity contribution >= 4 is 23.2 Å². The molecule has 32 heavy (non-hydrogen) atoms. The van der Waals surface area contributed by atoms with Gasteiger partial charge >= 0.3 is 0 Å². The Morgan fingerprint density at radius 3 is 2.88 bits per heavy atom. The molecule has 0 aliphatic carbocycles. The van der Waals surface area contributed by atoms with E-state index in [0.717, 1.165) is 37.8 Å². The maximum atomic E-state index is 14.3. The summed E-state index contributed by atoms with van der Waals surface area (Å²) in [5.41, 5.74) is 1.40. The van der Waals surface area contributed by atoms with E-state index in [9.17, 15) is 14.0 Å². The second kappa shape index (κ2) is 11.9. The molecule has 0 unspecified atom stereocenters. The van der Waals surface area contributed by atoms with Crippen LogP contribution in [0, 0.1) is 12.4 Å². The summed E-state index contributed by atoms with van der Waals surface area (Å²) in [5, 5.41) is 4.54. The Morgan fingerprint density at radius 1 is 1.12 bits per heavy atom. The Bertz CT molecular complexity index is 938. The first kappa shape index (κ1) is 24.8. The molecular weight excluding hydrogens is 606 g/mol. The summed E-state index contributed by atoms with van der Waals surface area (Å²) in [4.78, 5) is 27.4. The molecule has 2 aromatic rings. The average molecular weight is 632 g/mol. The molecule has 1 N–H and O–H groups in total. The van der Waals surface area contributed by atoms with Crippen molar-refractivity contribution < 1.29 is 43.9 Å². The largest absolute Gasteiger partial charge is 0.499 e. The Morgan fingerprint density at radius 2 is 2.00 bits per heavy atom. The first-order valence-electron chi connectivity index (χ1n) is 10.6. The van der Waals surface area contributed by atoms with Gasteiger partial charge in [0.2, 0.25) is 11.8 Å². The summed E-state index contributed by atoms with van der Waals surface area (Å²) in [5.74, 6) is -0.0813. The quantitative estimate of drug-likeness (QED) is 0.447. The number of benzene rings is 1. The van der Waals surface area contributed by atoms with Crippen LogP contribution in [-0.2, 0) is 30.0 Å². The molecule has 1 aromatic carbocycles. The number of nitrogens with one attached hydrogen (secondary N) is 1. The number of ether oxygens (including phenoxy) is 2. The molecule has 4 bridgehead atoms. The molecule has 6 nitrogen and oxygen atoms in total. The minimum Gasteiger partial charge on any atom is -0.499 e. The van der Waals surface area contributed by atoms with Gasteiger partial charge in [-0.2, -0.15) is 0 Å². The van der Waals surface area contributed by atoms with E-state index in [2.05, 4.69) is 5.32 Å². The monoisotopic (exact) mass is 632 g/mol. The van der Waals surface area contributed by atoms with E-state index in [1.165, 1.54) is 23.5 Å². The summed E-state index contributed by atoms with van der Waals surface area (Å²) in [6, 6.07) is 6.29. The van der Waals surface area contributed by atoms with Crippen LogP contribution in [0.4, 0.5) is 4.39 Å². The predicted molar refractivity (Wildman–Crippen MR) is 116 cm³/mol. The number of thiophene rings is 1. The van der Waals surface area contributed by atoms with Crippen molar-refractivity contribution in [1.82, 2.24) is 10.2 Å². The Hall–Kier alpha value is -1.79. The zero-order valence-electron chi connectivity index (χ0n) is 17.6. The zero-order chi connectivity index (χ0) is 21.6. The van der Waals surface area contributed by atoms with Gasteiger partial charge in [0.15, 0.2) is 0 Å². The molecule has 2 amide bonds. The molecule has 2 aliphatic rings. The maximum Gasteiger partial charge on any atom is 0.232 e. The molecule has 9 heteroatoms. The van der Waals surface area contributed by atoms with E-state index < -0.39 is 5.82 Å². The topological polar surface area (TPSA) is 67.9 Å². The van der Waals surface area contributed by atoms with Crippen molar-refractivity contribution in [2.24, 2.45) is 0 Å². The van der Waals surface area contributed by atoms with E-state index in [4.69, 9.17) is 9.47 Å². The number of amides is 2. The molecule has 1 atom stereocenters. The van der Waals surface area contributed by atoms with Crippen molar-refractivity contribution in [3.05, 3.63) is 46.9 Å². The van der Waals surface area contributed by atoms with Crippen molar-refractivity contribution in [2.45, 2.75) is 38.1 Å². The maximum absolute atomic E-state index is 14.3. The van der Waals surface area contributed by atoms with Crippen LogP contribution in [0.1, 0.15) is 41.8 Å². The summed E-state index contributed by atoms with van der Waals surface area (Å²) < 4.78 is 25.7. The molecule has 0 spiro atoms. The van der Waals surface area contributed by atoms with Gasteiger partial charge in [0.05, 0.1) is 10.9 Å². The minimum absolute atomic E-state index is 0. The Labute approximate surface area is 205 Å². The van der Waals surface area contributed by atoms with Crippen LogP contribution in [-0.4, -0.2) is 49.1 Å². The summed E-state index contributed by atoms with van der Waals surface area (Å²) in [6.45, 7) is 3.50. The van der Waals surface area contributed by atoms with Gasteiger partial charge < -0.3 is 19.7 Å². The number of hydrogen-bond acceptors (Lipinski definition) is 5. The van der Waals surface area contributed by atoms with Gasteiger partial charge in [0.25, 0.3) is 0 Å². The number of fused-ring (bicyclic) bond motifs is 6. The number of rotatable bonds is 0. The van der Waals surface area contributed by atoms with E-state index in [-0.39, 0.29) is 38.3 Å². The Kier molecular flexibility index (Phi) is 9.24. The van der Waals surface area contributed by atoms with Crippen LogP contribution in [0.3, 0.4) is 0 Å². The van der Waals surface area contributed by atoms with E-state index in [0.29, 0.717) is 42.4 Å². The van der Waals surface area contributed by atoms with E-state index >= 15 is 0 Å². The smallest absolute Gasteiger partial charge is 0.232 e. The van der Waals surface area contributed by atoms with Crippen LogP contribution in [0.2, 0.25) is 0 Å². The van der Waals surface area contributed by atoms with Crippen LogP contribution >= 0.6 is 11.3 Å². The second-order valence-electron chi connectivity index (χ2n) is 7.78. The fourth-order valence-corrected chi connectivity index (χ4v) is 4.74. The average Bonchev–Trinajstić information content (AvgIpc) is 3.43. The first-order valence-corrected chi connectivity index (χ1v) is 11.5. The summed E-state index contributed by atoms with van der Waals surface area (Å²) in [6.07, 6.45) is 3.84. The fourth-order valence-electron chi connectivity index (χ4n) is 3.92. The van der Waals surface area contributed by atoms with Gasteiger partial charge in [-0.1, -0.05) is 6.61 Å². The molecule has 2 aliphatic heterocycles. The van der Waals surface area contributed by atoms with E-state index in [1.54, 1.807) is 18.7 Å². The van der Waals surface area contributed by atoms with Crippen molar-refractivity contribution in [3.63, 3.8) is 0 Å². The third kappa shape index (κ3) is 6.38. The molecule has 1 saturated heterocycles. The zero-order valence-corrected chi connectivity index (χ0v) is 21.2. The molecule has 1 fully saturated rings. The SMILES string of the molecule is O=C1N[CH-]COCCCCC(=O)N2CCC[C@H]2COc2cc(F)cc(c2)-c2csc1c2.[Re]. The van der Waals surface area contributed by atoms with Crippen LogP contribution in [0.15, 0.2) is 29.6 Å². The molecule has 1 radical (unpaired) electrons. The molecule has 3 heterocycles. The molecule has 173 valence electrons. The standard InChI is InChI=1S/C23H26FN2O4S.Re/c24-18-10-16-11-20(13-18)30-14-19-4-3-7-26(19)22(27)5-1-2-8-29-9-6-25-23(28)21-12-17(16)15-31-21;/h6,10-13,15,19H,1-5,7-9,14H2,(H,25,28);/q-1;/t19-;/m0./s1. The molecular formula is C23H26FN2O4ReS-. The second-order valence-corrected chi connectivity index (χ2v) is 8.69. The van der Waals surface area contributed by atoms with Gasteiger partial charge in [-0.15, -0.1) is 11.3 Å². The number of nitrogens with zero attached hydrogens (tertiary/aromatic N) is 1. The van der Waals surface area contributed by atoms with Crippen molar-refractivity contribution in [2.75, 3.05) is 26.4 Å². The molecule has 1 aromatic heterocycles. The van der Waals surface area contributed by atoms with Crippen LogP contribution in [0.5, 0.6) is 5.75 Å². The molecule has 0 saturated carbocycles. The number of carbonyl (C=O) groups excluding carboxylic acids is 2. The predicted octanol–water partition coefficient (Wildman–Crippen LogP) is 4.01. The van der Waals surface area contributed by atoms with Gasteiger partial charge in [-0.05, 0) is 60.4 Å². The van der Waals surface area contributed by atoms with Crippen molar-refractivity contribution in [3.8, 4) is 16.9 Å². The van der Waals surface area contributed by atoms with E-state index in [1.807, 2.05) is 10.3 Å². The van der Waals surface area contributed by atoms with Crippen molar-refractivity contribution in [1.29, 1.82) is 0 Å². The number of carbonyl (C=O) groups is 2. The first-order chi connectivity index (χ1) is 15.1. The third-order valence-corrected chi connectivity index (χ3v) is 6.46. The van der Waals surface area contributed by atoms with Crippen LogP contribution in [0.25, 0.3) is 11.1 Å². The van der Waals surface area contributed by atoms with Gasteiger partial charge in [0, 0.05) is 46.1 Å². The third-order valence-electron chi connectivity index (χ3n) is 5.53. The van der Waals surface area contributed by atoms with Crippen LogP contribution < -0.4 is 10.1 Å². The fraction of sp³-hybridized carbons (Fsp3) is 0.435. The van der Waals surface area contributed by atoms with Gasteiger partial charge in [-0.3, -0.25) is 9.59 Å². The number of halogens is 1. The Balaban J connectivity index is 0.00000289. The molecule has 4 rings (SSSR count). The number of hydrogen-bond donors (Lipinski definition) is 1. The minimum atomic E-state index is -0.406. The summed E-state index contributed by atoms with van der Waals surface area (Å²) in [7, 11) is 0. The van der Waals surface area contributed by atoms with Gasteiger partial charge in [0.1, 0.15) is 18.2 Å².